The van der Waals surface area contributed by atoms with Crippen LogP contribution in [0.1, 0.15) is 65.5 Å². The van der Waals surface area contributed by atoms with Crippen molar-refractivity contribution in [2.24, 2.45) is 5.73 Å². The molecule has 268 valence electrons. The van der Waals surface area contributed by atoms with E-state index in [-0.39, 0.29) is 30.1 Å². The number of primary amides is 1. The van der Waals surface area contributed by atoms with Gasteiger partial charge in [0.15, 0.2) is 0 Å². The molecule has 53 heavy (non-hydrogen) atoms. The molecule has 3 heterocycles. The second-order valence-electron chi connectivity index (χ2n) is 13.5. The molecule has 1 aliphatic heterocycles. The van der Waals surface area contributed by atoms with E-state index in [0.29, 0.717) is 30.9 Å². The summed E-state index contributed by atoms with van der Waals surface area (Å²) in [4.78, 5) is 58.6. The molecule has 7 rings (SSSR count). The van der Waals surface area contributed by atoms with Crippen molar-refractivity contribution in [1.82, 2.24) is 29.7 Å². The van der Waals surface area contributed by atoms with Gasteiger partial charge in [0.2, 0.25) is 11.8 Å². The first kappa shape index (κ1) is 35.1. The standard InChI is InChI=1S/C43H43N7O3/c1-2-23-49(38(51)25-29-10-5-3-6-11-29)28-37-47-40(41(48-37)42(44)53)34-21-17-32(18-22-34)31-15-19-33(20-16-31)35-27-45-43(46-35)36-14-9-24-50(36)39(52)26-30-12-7-4-8-13-30/h3-8,10-13,15-22,27,36H,2,9,14,23-26,28H2,1H3,(H2,44,53)(H,45,46)(H,47,48)/t36-/m0/s1. The van der Waals surface area contributed by atoms with Gasteiger partial charge in [-0.15, -0.1) is 0 Å². The smallest absolute Gasteiger partial charge is 0.267 e. The third-order valence-corrected chi connectivity index (χ3v) is 9.75. The number of hydrogen-bond donors (Lipinski definition) is 3. The van der Waals surface area contributed by atoms with Gasteiger partial charge in [-0.05, 0) is 47.1 Å². The Morgan fingerprint density at radius 2 is 1.40 bits per heavy atom. The predicted octanol–water partition coefficient (Wildman–Crippen LogP) is 7.12. The van der Waals surface area contributed by atoms with E-state index >= 15 is 0 Å². The number of H-pyrrole nitrogens is 2. The molecule has 0 unspecified atom stereocenters. The van der Waals surface area contributed by atoms with Crippen molar-refractivity contribution in [2.75, 3.05) is 13.1 Å². The highest BCUT2D eigenvalue weighted by atomic mass is 16.2. The normalized spacial score (nSPS) is 14.0. The fraction of sp³-hybridized carbons (Fsp3) is 0.233. The highest BCUT2D eigenvalue weighted by Gasteiger charge is 2.32. The Hall–Kier alpha value is -6.29. The molecule has 0 aliphatic carbocycles. The molecular weight excluding hydrogens is 663 g/mol. The largest absolute Gasteiger partial charge is 0.364 e. The van der Waals surface area contributed by atoms with Crippen molar-refractivity contribution in [3.8, 4) is 33.6 Å². The van der Waals surface area contributed by atoms with Gasteiger partial charge in [-0.25, -0.2) is 9.97 Å². The summed E-state index contributed by atoms with van der Waals surface area (Å²) >= 11 is 0. The van der Waals surface area contributed by atoms with Crippen LogP contribution >= 0.6 is 0 Å². The van der Waals surface area contributed by atoms with E-state index < -0.39 is 5.91 Å². The maximum Gasteiger partial charge on any atom is 0.267 e. The minimum absolute atomic E-state index is 0.00792. The van der Waals surface area contributed by atoms with Gasteiger partial charge in [-0.3, -0.25) is 14.4 Å². The van der Waals surface area contributed by atoms with Gasteiger partial charge in [0.1, 0.15) is 23.0 Å². The van der Waals surface area contributed by atoms with Crippen molar-refractivity contribution in [3.05, 3.63) is 144 Å². The number of carbonyl (C=O) groups excluding carboxylic acids is 3. The second kappa shape index (κ2) is 15.9. The van der Waals surface area contributed by atoms with E-state index in [1.165, 1.54) is 0 Å². The van der Waals surface area contributed by atoms with E-state index in [1.807, 2.05) is 103 Å². The number of hydrogen-bond acceptors (Lipinski definition) is 5. The van der Waals surface area contributed by atoms with Crippen molar-refractivity contribution < 1.29 is 14.4 Å². The van der Waals surface area contributed by atoms with Crippen LogP contribution in [-0.2, 0) is 29.0 Å². The number of rotatable bonds is 13. The number of nitrogens with two attached hydrogens (primary N) is 1. The monoisotopic (exact) mass is 705 g/mol. The Morgan fingerprint density at radius 1 is 0.792 bits per heavy atom. The summed E-state index contributed by atoms with van der Waals surface area (Å²) in [7, 11) is 0. The Kier molecular flexibility index (Phi) is 10.6. The maximum atomic E-state index is 13.2. The SMILES string of the molecule is CCCN(Cc1nc(-c2ccc(-c3ccc(-c4cnc([C@@H]5CCCN5C(=O)Cc5ccccc5)[nH]4)cc3)cc2)c(C(N)=O)[nH]1)C(=O)Cc1ccccc1. The molecule has 0 bridgehead atoms. The molecule has 10 nitrogen and oxygen atoms in total. The lowest BCUT2D eigenvalue weighted by molar-refractivity contribution is -0.132. The molecule has 3 amide bonds. The van der Waals surface area contributed by atoms with Crippen LogP contribution in [0.15, 0.2) is 115 Å². The zero-order chi connectivity index (χ0) is 36.7. The lowest BCUT2D eigenvalue weighted by Crippen LogP contribution is -2.33. The molecule has 4 aromatic carbocycles. The van der Waals surface area contributed by atoms with Gasteiger partial charge < -0.3 is 25.5 Å². The summed E-state index contributed by atoms with van der Waals surface area (Å²) in [5.74, 6) is 0.816. The first-order valence-electron chi connectivity index (χ1n) is 18.2. The predicted molar refractivity (Wildman–Crippen MR) is 205 cm³/mol. The molecule has 4 N–H and O–H groups in total. The molecule has 6 aromatic rings. The molecule has 0 saturated carbocycles. The summed E-state index contributed by atoms with van der Waals surface area (Å²) in [6, 6.07) is 35.5. The average Bonchev–Trinajstić information content (AvgIpc) is 3.96. The van der Waals surface area contributed by atoms with E-state index in [4.69, 9.17) is 15.7 Å². The minimum Gasteiger partial charge on any atom is -0.364 e. The highest BCUT2D eigenvalue weighted by Crippen LogP contribution is 2.33. The molecular formula is C43H43N7O3. The van der Waals surface area contributed by atoms with Crippen LogP contribution in [0, 0.1) is 0 Å². The second-order valence-corrected chi connectivity index (χ2v) is 13.5. The minimum atomic E-state index is -0.613. The molecule has 1 fully saturated rings. The van der Waals surface area contributed by atoms with Gasteiger partial charge in [0.25, 0.3) is 5.91 Å². The van der Waals surface area contributed by atoms with Crippen LogP contribution < -0.4 is 5.73 Å². The number of carbonyl (C=O) groups is 3. The molecule has 2 aromatic heterocycles. The van der Waals surface area contributed by atoms with Crippen molar-refractivity contribution in [2.45, 2.75) is 51.6 Å². The fourth-order valence-electron chi connectivity index (χ4n) is 7.05. The number of nitrogens with one attached hydrogen (secondary N) is 2. The van der Waals surface area contributed by atoms with Gasteiger partial charge in [-0.1, -0.05) is 116 Å². The quantitative estimate of drug-likeness (QED) is 0.117. The number of nitrogens with zero attached hydrogens (tertiary/aromatic N) is 4. The first-order chi connectivity index (χ1) is 25.9. The van der Waals surface area contributed by atoms with E-state index in [0.717, 1.165) is 70.7 Å². The summed E-state index contributed by atoms with van der Waals surface area (Å²) in [5.41, 5.74) is 13.1. The summed E-state index contributed by atoms with van der Waals surface area (Å²) < 4.78 is 0. The van der Waals surface area contributed by atoms with E-state index in [9.17, 15) is 14.4 Å². The van der Waals surface area contributed by atoms with E-state index in [1.54, 1.807) is 4.90 Å². The van der Waals surface area contributed by atoms with Gasteiger partial charge >= 0.3 is 0 Å². The Morgan fingerprint density at radius 3 is 2.02 bits per heavy atom. The number of likely N-dealkylation sites (tertiary alicyclic amines) is 1. The zero-order valence-electron chi connectivity index (χ0n) is 29.8. The Bertz CT molecular complexity index is 2170. The van der Waals surface area contributed by atoms with Crippen LogP contribution in [0.4, 0.5) is 0 Å². The third kappa shape index (κ3) is 8.12. The van der Waals surface area contributed by atoms with Gasteiger partial charge in [0.05, 0.1) is 37.3 Å². The van der Waals surface area contributed by atoms with Gasteiger partial charge in [0, 0.05) is 18.7 Å². The van der Waals surface area contributed by atoms with Crippen LogP contribution in [0.2, 0.25) is 0 Å². The number of aromatic amines is 2. The molecule has 0 spiro atoms. The van der Waals surface area contributed by atoms with Crippen molar-refractivity contribution in [1.29, 1.82) is 0 Å². The van der Waals surface area contributed by atoms with Crippen LogP contribution in [-0.4, -0.2) is 60.5 Å². The molecule has 1 aliphatic rings. The maximum absolute atomic E-state index is 13.2. The Balaban J connectivity index is 1.03. The van der Waals surface area contributed by atoms with Gasteiger partial charge in [-0.2, -0.15) is 0 Å². The summed E-state index contributed by atoms with van der Waals surface area (Å²) in [5, 5.41) is 0. The Labute approximate surface area is 309 Å². The molecule has 10 heteroatoms. The zero-order valence-corrected chi connectivity index (χ0v) is 29.8. The topological polar surface area (TPSA) is 141 Å². The highest BCUT2D eigenvalue weighted by molar-refractivity contribution is 5.97. The summed E-state index contributed by atoms with van der Waals surface area (Å²) in [6.07, 6.45) is 5.14. The lowest BCUT2D eigenvalue weighted by atomic mass is 10.0. The fourth-order valence-corrected chi connectivity index (χ4v) is 7.05. The number of aromatic nitrogens is 4. The van der Waals surface area contributed by atoms with Crippen LogP contribution in [0.5, 0.6) is 0 Å². The lowest BCUT2D eigenvalue weighted by Gasteiger charge is -2.23. The van der Waals surface area contributed by atoms with Crippen LogP contribution in [0.3, 0.4) is 0 Å². The molecule has 1 saturated heterocycles. The summed E-state index contributed by atoms with van der Waals surface area (Å²) in [6.45, 7) is 3.57. The first-order valence-corrected chi connectivity index (χ1v) is 18.2. The number of imidazole rings is 2. The van der Waals surface area contributed by atoms with Crippen molar-refractivity contribution >= 4 is 17.7 Å². The average molecular weight is 706 g/mol. The molecule has 0 radical (unpaired) electrons. The third-order valence-electron chi connectivity index (χ3n) is 9.75. The molecule has 1 atom stereocenters. The van der Waals surface area contributed by atoms with Crippen molar-refractivity contribution in [3.63, 3.8) is 0 Å². The van der Waals surface area contributed by atoms with E-state index in [2.05, 4.69) is 34.2 Å². The van der Waals surface area contributed by atoms with Crippen LogP contribution in [0.25, 0.3) is 33.6 Å². The number of benzene rings is 4. The number of amides is 3.